The molecule has 2 aromatic rings. The van der Waals surface area contributed by atoms with Crippen LogP contribution in [0.2, 0.25) is 0 Å². The van der Waals surface area contributed by atoms with Crippen molar-refractivity contribution < 1.29 is 9.59 Å². The predicted molar refractivity (Wildman–Crippen MR) is 151 cm³/mol. The maximum absolute atomic E-state index is 13.1. The molecule has 1 saturated heterocycles. The molecule has 0 N–H and O–H groups in total. The highest BCUT2D eigenvalue weighted by Gasteiger charge is 2.24. The van der Waals surface area contributed by atoms with Crippen LogP contribution in [0.3, 0.4) is 0 Å². The maximum atomic E-state index is 13.1. The molecule has 1 aliphatic heterocycles. The van der Waals surface area contributed by atoms with Gasteiger partial charge in [-0.25, -0.2) is 0 Å². The molecule has 2 amide bonds. The van der Waals surface area contributed by atoms with Crippen LogP contribution < -0.4 is 4.90 Å². The van der Waals surface area contributed by atoms with E-state index in [0.29, 0.717) is 18.5 Å². The first-order valence-corrected chi connectivity index (χ1v) is 14.1. The SMILES string of the molecule is CCCCC(=O)N(CC#Cc1ccc(C(=O)N2CCN(CC3CCCCC3)CC2)cc1)c1ccccc1. The molecule has 1 heterocycles. The van der Waals surface area contributed by atoms with Crippen molar-refractivity contribution in [2.75, 3.05) is 44.2 Å². The minimum absolute atomic E-state index is 0.0992. The molecule has 0 bridgehead atoms. The molecule has 0 atom stereocenters. The lowest BCUT2D eigenvalue weighted by molar-refractivity contribution is -0.118. The first-order chi connectivity index (χ1) is 18.1. The number of amides is 2. The first-order valence-electron chi connectivity index (χ1n) is 14.1. The van der Waals surface area contributed by atoms with Crippen LogP contribution in [0.4, 0.5) is 5.69 Å². The minimum atomic E-state index is 0.0992. The molecule has 0 radical (unpaired) electrons. The van der Waals surface area contributed by atoms with Gasteiger partial charge < -0.3 is 9.80 Å². The lowest BCUT2D eigenvalue weighted by Gasteiger charge is -2.37. The Bertz CT molecular complexity index is 1060. The number of hydrogen-bond donors (Lipinski definition) is 0. The monoisotopic (exact) mass is 499 g/mol. The molecule has 2 aliphatic rings. The van der Waals surface area contributed by atoms with Crippen LogP contribution in [0.1, 0.15) is 74.2 Å². The lowest BCUT2D eigenvalue weighted by Crippen LogP contribution is -2.49. The summed E-state index contributed by atoms with van der Waals surface area (Å²) >= 11 is 0. The quantitative estimate of drug-likeness (QED) is 0.444. The Labute approximate surface area is 222 Å². The summed E-state index contributed by atoms with van der Waals surface area (Å²) in [6, 6.07) is 17.3. The summed E-state index contributed by atoms with van der Waals surface area (Å²) < 4.78 is 0. The van der Waals surface area contributed by atoms with Crippen molar-refractivity contribution in [2.24, 2.45) is 5.92 Å². The molecule has 5 nitrogen and oxygen atoms in total. The van der Waals surface area contributed by atoms with Crippen LogP contribution in [-0.4, -0.2) is 60.9 Å². The van der Waals surface area contributed by atoms with Gasteiger partial charge in [-0.05, 0) is 61.6 Å². The zero-order valence-corrected chi connectivity index (χ0v) is 22.3. The highest BCUT2D eigenvalue weighted by molar-refractivity contribution is 5.94. The number of carbonyl (C=O) groups excluding carboxylic acids is 2. The van der Waals surface area contributed by atoms with Gasteiger partial charge in [0.1, 0.15) is 0 Å². The first kappa shape index (κ1) is 26.9. The summed E-state index contributed by atoms with van der Waals surface area (Å²) in [5.74, 6) is 7.38. The molecule has 196 valence electrons. The third-order valence-electron chi connectivity index (χ3n) is 7.62. The summed E-state index contributed by atoms with van der Waals surface area (Å²) in [6.45, 7) is 7.18. The number of unbranched alkanes of at least 4 members (excludes halogenated alkanes) is 1. The van der Waals surface area contributed by atoms with Crippen molar-refractivity contribution in [3.8, 4) is 11.8 Å². The van der Waals surface area contributed by atoms with E-state index in [4.69, 9.17) is 0 Å². The van der Waals surface area contributed by atoms with Crippen molar-refractivity contribution in [1.82, 2.24) is 9.80 Å². The number of benzene rings is 2. The Kier molecular flexibility index (Phi) is 10.2. The van der Waals surface area contributed by atoms with E-state index in [1.54, 1.807) is 4.90 Å². The summed E-state index contributed by atoms with van der Waals surface area (Å²) in [7, 11) is 0. The largest absolute Gasteiger partial charge is 0.336 e. The third kappa shape index (κ3) is 7.94. The van der Waals surface area contributed by atoms with Crippen molar-refractivity contribution >= 4 is 17.5 Å². The van der Waals surface area contributed by atoms with Gasteiger partial charge in [0.05, 0.1) is 6.54 Å². The average molecular weight is 500 g/mol. The highest BCUT2D eigenvalue weighted by atomic mass is 16.2. The van der Waals surface area contributed by atoms with E-state index in [1.807, 2.05) is 59.5 Å². The van der Waals surface area contributed by atoms with Gasteiger partial charge in [0.2, 0.25) is 5.91 Å². The second kappa shape index (κ2) is 14.0. The second-order valence-electron chi connectivity index (χ2n) is 10.4. The van der Waals surface area contributed by atoms with Crippen LogP contribution in [0.25, 0.3) is 0 Å². The maximum Gasteiger partial charge on any atom is 0.253 e. The Hall–Kier alpha value is -3.10. The molecule has 37 heavy (non-hydrogen) atoms. The molecule has 5 heteroatoms. The van der Waals surface area contributed by atoms with Crippen LogP contribution in [-0.2, 0) is 4.79 Å². The van der Waals surface area contributed by atoms with Crippen LogP contribution >= 0.6 is 0 Å². The van der Waals surface area contributed by atoms with Crippen LogP contribution in [0.15, 0.2) is 54.6 Å². The number of hydrogen-bond acceptors (Lipinski definition) is 3. The second-order valence-corrected chi connectivity index (χ2v) is 10.4. The molecule has 0 unspecified atom stereocenters. The Morgan fingerprint density at radius 1 is 0.919 bits per heavy atom. The number of nitrogens with zero attached hydrogens (tertiary/aromatic N) is 3. The molecule has 2 fully saturated rings. The fourth-order valence-electron chi connectivity index (χ4n) is 5.36. The molecule has 1 saturated carbocycles. The molecule has 2 aromatic carbocycles. The molecular weight excluding hydrogens is 458 g/mol. The average Bonchev–Trinajstić information content (AvgIpc) is 2.95. The Morgan fingerprint density at radius 2 is 1.62 bits per heavy atom. The molecule has 0 aromatic heterocycles. The Morgan fingerprint density at radius 3 is 2.30 bits per heavy atom. The van der Waals surface area contributed by atoms with E-state index in [1.165, 1.54) is 38.6 Å². The number of piperazine rings is 1. The third-order valence-corrected chi connectivity index (χ3v) is 7.62. The smallest absolute Gasteiger partial charge is 0.253 e. The highest BCUT2D eigenvalue weighted by Crippen LogP contribution is 2.25. The standard InChI is InChI=1S/C32H41N3O2/c1-2-3-16-31(36)35(30-14-8-5-9-15-30)21-10-13-27-17-19-29(20-18-27)32(37)34-24-22-33(23-25-34)26-28-11-6-4-7-12-28/h5,8-9,14-15,17-20,28H,2-4,6-7,11-12,16,21-26H2,1H3. The van der Waals surface area contributed by atoms with Gasteiger partial charge >= 0.3 is 0 Å². The minimum Gasteiger partial charge on any atom is -0.336 e. The normalized spacial score (nSPS) is 16.6. The summed E-state index contributed by atoms with van der Waals surface area (Å²) in [6.07, 6.45) is 9.29. The lowest BCUT2D eigenvalue weighted by atomic mass is 9.89. The van der Waals surface area contributed by atoms with Gasteiger partial charge in [0, 0.05) is 56.0 Å². The fraction of sp³-hybridized carbons (Fsp3) is 0.500. The van der Waals surface area contributed by atoms with E-state index >= 15 is 0 Å². The zero-order valence-electron chi connectivity index (χ0n) is 22.3. The molecule has 0 spiro atoms. The number of carbonyl (C=O) groups is 2. The van der Waals surface area contributed by atoms with Crippen molar-refractivity contribution in [3.63, 3.8) is 0 Å². The molecular formula is C32H41N3O2. The van der Waals surface area contributed by atoms with Gasteiger partial charge in [-0.1, -0.05) is 62.6 Å². The van der Waals surface area contributed by atoms with Crippen LogP contribution in [0.5, 0.6) is 0 Å². The van der Waals surface area contributed by atoms with E-state index < -0.39 is 0 Å². The summed E-state index contributed by atoms with van der Waals surface area (Å²) in [5.41, 5.74) is 2.44. The van der Waals surface area contributed by atoms with Crippen molar-refractivity contribution in [1.29, 1.82) is 0 Å². The van der Waals surface area contributed by atoms with E-state index in [9.17, 15) is 9.59 Å². The van der Waals surface area contributed by atoms with Crippen LogP contribution in [0, 0.1) is 17.8 Å². The van der Waals surface area contributed by atoms with Crippen molar-refractivity contribution in [3.05, 3.63) is 65.7 Å². The van der Waals surface area contributed by atoms with E-state index in [0.717, 1.165) is 56.2 Å². The fourth-order valence-corrected chi connectivity index (χ4v) is 5.36. The molecule has 4 rings (SSSR count). The van der Waals surface area contributed by atoms with Gasteiger partial charge in [0.15, 0.2) is 0 Å². The summed E-state index contributed by atoms with van der Waals surface area (Å²) in [4.78, 5) is 32.1. The Balaban J connectivity index is 1.29. The number of rotatable bonds is 8. The topological polar surface area (TPSA) is 43.9 Å². The van der Waals surface area contributed by atoms with E-state index in [2.05, 4.69) is 23.7 Å². The zero-order chi connectivity index (χ0) is 25.9. The van der Waals surface area contributed by atoms with Crippen molar-refractivity contribution in [2.45, 2.75) is 58.3 Å². The van der Waals surface area contributed by atoms with Gasteiger partial charge in [-0.15, -0.1) is 0 Å². The summed E-state index contributed by atoms with van der Waals surface area (Å²) in [5, 5.41) is 0. The number of anilines is 1. The predicted octanol–water partition coefficient (Wildman–Crippen LogP) is 5.60. The number of para-hydroxylation sites is 1. The van der Waals surface area contributed by atoms with Gasteiger partial charge in [-0.2, -0.15) is 0 Å². The van der Waals surface area contributed by atoms with E-state index in [-0.39, 0.29) is 11.8 Å². The van der Waals surface area contributed by atoms with Gasteiger partial charge in [0.25, 0.3) is 5.91 Å². The van der Waals surface area contributed by atoms with Gasteiger partial charge in [-0.3, -0.25) is 14.5 Å². The molecule has 1 aliphatic carbocycles.